The zero-order valence-corrected chi connectivity index (χ0v) is 8.65. The molecule has 0 aliphatic heterocycles. The maximum atomic E-state index is 12.5. The van der Waals surface area contributed by atoms with Gasteiger partial charge in [0.2, 0.25) is 0 Å². The molecule has 1 aromatic carbocycles. The van der Waals surface area contributed by atoms with Crippen LogP contribution in [0.5, 0.6) is 0 Å². The van der Waals surface area contributed by atoms with E-state index in [2.05, 4.69) is 0 Å². The van der Waals surface area contributed by atoms with E-state index in [4.69, 9.17) is 0 Å². The van der Waals surface area contributed by atoms with Crippen LogP contribution in [0.1, 0.15) is 23.6 Å². The Kier molecular flexibility index (Phi) is 3.54. The van der Waals surface area contributed by atoms with Crippen molar-refractivity contribution in [3.8, 4) is 0 Å². The van der Waals surface area contributed by atoms with Crippen molar-refractivity contribution in [1.29, 1.82) is 0 Å². The molecule has 17 heavy (non-hydrogen) atoms. The topological polar surface area (TPSA) is 0 Å². The summed E-state index contributed by atoms with van der Waals surface area (Å²) in [7, 11) is 0. The number of hydrogen-bond donors (Lipinski definition) is 0. The van der Waals surface area contributed by atoms with Gasteiger partial charge in [0, 0.05) is 0 Å². The van der Waals surface area contributed by atoms with Gasteiger partial charge in [-0.1, -0.05) is 18.2 Å². The molecular weight excluding hydrogens is 246 g/mol. The zero-order valence-electron chi connectivity index (χ0n) is 8.65. The molecule has 0 fully saturated rings. The van der Waals surface area contributed by atoms with Crippen LogP contribution < -0.4 is 0 Å². The van der Waals surface area contributed by atoms with Crippen molar-refractivity contribution in [2.75, 3.05) is 0 Å². The van der Waals surface area contributed by atoms with E-state index in [1.165, 1.54) is 13.0 Å². The number of halogens is 6. The molecule has 0 amide bonds. The van der Waals surface area contributed by atoms with Crippen LogP contribution >= 0.6 is 0 Å². The molecule has 0 aliphatic rings. The van der Waals surface area contributed by atoms with Crippen LogP contribution in [0.25, 0.3) is 6.08 Å². The lowest BCUT2D eigenvalue weighted by Crippen LogP contribution is -2.12. The van der Waals surface area contributed by atoms with E-state index < -0.39 is 23.5 Å². The third-order valence-corrected chi connectivity index (χ3v) is 2.03. The highest BCUT2D eigenvalue weighted by Crippen LogP contribution is 2.37. The van der Waals surface area contributed by atoms with Crippen molar-refractivity contribution >= 4 is 6.08 Å². The van der Waals surface area contributed by atoms with E-state index >= 15 is 0 Å². The molecule has 6 heteroatoms. The Balaban J connectivity index is 3.40. The fourth-order valence-corrected chi connectivity index (χ4v) is 1.30. The van der Waals surface area contributed by atoms with Gasteiger partial charge in [-0.25, -0.2) is 0 Å². The third kappa shape index (κ3) is 3.25. The molecular formula is C11H8F6. The molecule has 0 nitrogen and oxygen atoms in total. The minimum atomic E-state index is -4.81. The largest absolute Gasteiger partial charge is 0.417 e. The first-order valence-corrected chi connectivity index (χ1v) is 4.57. The number of hydrogen-bond acceptors (Lipinski definition) is 0. The fourth-order valence-electron chi connectivity index (χ4n) is 1.30. The molecule has 0 radical (unpaired) electrons. The first-order valence-electron chi connectivity index (χ1n) is 4.57. The summed E-state index contributed by atoms with van der Waals surface area (Å²) >= 11 is 0. The van der Waals surface area contributed by atoms with Gasteiger partial charge in [-0.05, 0) is 24.6 Å². The predicted octanol–water partition coefficient (Wildman–Crippen LogP) is 4.76. The van der Waals surface area contributed by atoms with Gasteiger partial charge in [-0.3, -0.25) is 0 Å². The summed E-state index contributed by atoms with van der Waals surface area (Å²) in [5.74, 6) is 0. The molecule has 1 rings (SSSR count). The van der Waals surface area contributed by atoms with Crippen LogP contribution in [0.2, 0.25) is 0 Å². The number of alkyl halides is 6. The highest BCUT2D eigenvalue weighted by molar-refractivity contribution is 5.55. The molecule has 0 aromatic heterocycles. The molecule has 0 spiro atoms. The lowest BCUT2D eigenvalue weighted by Gasteiger charge is -2.14. The smallest absolute Gasteiger partial charge is 0.166 e. The molecule has 0 saturated carbocycles. The highest BCUT2D eigenvalue weighted by atomic mass is 19.4. The Hall–Kier alpha value is -1.46. The van der Waals surface area contributed by atoms with Crippen molar-refractivity contribution in [1.82, 2.24) is 0 Å². The summed E-state index contributed by atoms with van der Waals surface area (Å²) in [6, 6.07) is 1.56. The minimum absolute atomic E-state index is 0.120. The average Bonchev–Trinajstić information content (AvgIpc) is 2.15. The van der Waals surface area contributed by atoms with E-state index in [1.807, 2.05) is 0 Å². The van der Waals surface area contributed by atoms with Crippen molar-refractivity contribution < 1.29 is 26.3 Å². The fraction of sp³-hybridized carbons (Fsp3) is 0.273. The second-order valence-electron chi connectivity index (χ2n) is 3.30. The zero-order chi connectivity index (χ0) is 13.3. The van der Waals surface area contributed by atoms with E-state index in [9.17, 15) is 26.3 Å². The Labute approximate surface area is 93.6 Å². The van der Waals surface area contributed by atoms with Crippen LogP contribution in [0.15, 0.2) is 24.3 Å². The summed E-state index contributed by atoms with van der Waals surface area (Å²) in [5, 5.41) is 0. The second-order valence-corrected chi connectivity index (χ2v) is 3.30. The maximum absolute atomic E-state index is 12.5. The average molecular weight is 254 g/mol. The van der Waals surface area contributed by atoms with Gasteiger partial charge in [-0.15, -0.1) is 0 Å². The van der Waals surface area contributed by atoms with E-state index in [-0.39, 0.29) is 11.6 Å². The van der Waals surface area contributed by atoms with E-state index in [0.717, 1.165) is 12.1 Å². The number of allylic oxidation sites excluding steroid dienone is 1. The van der Waals surface area contributed by atoms with E-state index in [1.54, 1.807) is 0 Å². The van der Waals surface area contributed by atoms with Gasteiger partial charge in [0.05, 0.1) is 11.1 Å². The number of benzene rings is 1. The van der Waals surface area contributed by atoms with Crippen molar-refractivity contribution in [3.05, 3.63) is 41.0 Å². The lowest BCUT2D eigenvalue weighted by molar-refractivity contribution is -0.143. The van der Waals surface area contributed by atoms with Crippen molar-refractivity contribution in [2.24, 2.45) is 0 Å². The van der Waals surface area contributed by atoms with Gasteiger partial charge in [-0.2, -0.15) is 26.3 Å². The molecule has 94 valence electrons. The summed E-state index contributed by atoms with van der Waals surface area (Å²) in [5.41, 5.74) is -2.88. The van der Waals surface area contributed by atoms with Crippen LogP contribution in [0, 0.1) is 0 Å². The van der Waals surface area contributed by atoms with Crippen LogP contribution in [-0.2, 0) is 12.4 Å². The molecule has 0 unspecified atom stereocenters. The standard InChI is InChI=1S/C11H8F6/c1-2-3-7-4-5-8(10(12,13)14)6-9(7)11(15,16)17/h2-6H,1H3/b3-2+. The molecule has 1 aromatic rings. The number of rotatable bonds is 1. The van der Waals surface area contributed by atoms with Crippen LogP contribution in [-0.4, -0.2) is 0 Å². The summed E-state index contributed by atoms with van der Waals surface area (Å²) in [4.78, 5) is 0. The summed E-state index contributed by atoms with van der Waals surface area (Å²) in [6.45, 7) is 1.48. The van der Waals surface area contributed by atoms with Gasteiger partial charge in [0.25, 0.3) is 0 Å². The van der Waals surface area contributed by atoms with Gasteiger partial charge >= 0.3 is 12.4 Å². The van der Waals surface area contributed by atoms with Crippen LogP contribution in [0.4, 0.5) is 26.3 Å². The van der Waals surface area contributed by atoms with Crippen molar-refractivity contribution in [3.63, 3.8) is 0 Å². The Morgan fingerprint density at radius 2 is 1.53 bits per heavy atom. The second kappa shape index (κ2) is 4.43. The summed E-state index contributed by atoms with van der Waals surface area (Å²) < 4.78 is 74.5. The quantitative estimate of drug-likeness (QED) is 0.634. The lowest BCUT2D eigenvalue weighted by atomic mass is 10.0. The SMILES string of the molecule is C/C=C/c1ccc(C(F)(F)F)cc1C(F)(F)F. The Morgan fingerprint density at radius 1 is 0.941 bits per heavy atom. The van der Waals surface area contributed by atoms with Crippen LogP contribution in [0.3, 0.4) is 0 Å². The molecule has 0 aliphatic carbocycles. The minimum Gasteiger partial charge on any atom is -0.166 e. The molecule has 0 saturated heterocycles. The van der Waals surface area contributed by atoms with Gasteiger partial charge in [0.15, 0.2) is 0 Å². The predicted molar refractivity (Wildman–Crippen MR) is 51.2 cm³/mol. The van der Waals surface area contributed by atoms with Gasteiger partial charge < -0.3 is 0 Å². The Morgan fingerprint density at radius 3 is 1.94 bits per heavy atom. The highest BCUT2D eigenvalue weighted by Gasteiger charge is 2.37. The molecule has 0 heterocycles. The van der Waals surface area contributed by atoms with Crippen molar-refractivity contribution in [2.45, 2.75) is 19.3 Å². The third-order valence-electron chi connectivity index (χ3n) is 2.03. The normalized spacial score (nSPS) is 13.4. The molecule has 0 N–H and O–H groups in total. The first-order chi connectivity index (χ1) is 7.66. The molecule has 0 atom stereocenters. The monoisotopic (exact) mass is 254 g/mol. The Bertz CT molecular complexity index is 425. The van der Waals surface area contributed by atoms with E-state index in [0.29, 0.717) is 6.07 Å². The van der Waals surface area contributed by atoms with Gasteiger partial charge in [0.1, 0.15) is 0 Å². The summed E-state index contributed by atoms with van der Waals surface area (Å²) in [6.07, 6.45) is -7.15. The maximum Gasteiger partial charge on any atom is 0.417 e. The first kappa shape index (κ1) is 13.6. The molecule has 0 bridgehead atoms.